The Morgan fingerprint density at radius 2 is 1.70 bits per heavy atom. The van der Waals surface area contributed by atoms with Crippen LogP contribution in [0.1, 0.15) is 43.2 Å². The van der Waals surface area contributed by atoms with Crippen molar-refractivity contribution < 1.29 is 18.0 Å². The van der Waals surface area contributed by atoms with Crippen LogP contribution in [0.15, 0.2) is 47.4 Å². The normalized spacial score (nSPS) is 19.6. The summed E-state index contributed by atoms with van der Waals surface area (Å²) in [6.45, 7) is 1.37. The molecule has 7 nitrogen and oxygen atoms in total. The SMILES string of the molecule is O=C(Nc1cccc(N2CCCC2=O)c1)C1CCN(S(=O)(=O)c2ccc3c(c2)CCC3)CC1. The highest BCUT2D eigenvalue weighted by Gasteiger charge is 2.33. The molecule has 0 unspecified atom stereocenters. The number of nitrogens with zero attached hydrogens (tertiary/aromatic N) is 2. The van der Waals surface area contributed by atoms with E-state index in [0.717, 1.165) is 36.9 Å². The fourth-order valence-electron chi connectivity index (χ4n) is 5.13. The number of piperidine rings is 1. The van der Waals surface area contributed by atoms with Gasteiger partial charge in [-0.1, -0.05) is 12.1 Å². The molecule has 2 aromatic carbocycles. The third-order valence-corrected chi connectivity index (χ3v) is 8.93. The first kappa shape index (κ1) is 22.1. The van der Waals surface area contributed by atoms with E-state index in [2.05, 4.69) is 5.32 Å². The van der Waals surface area contributed by atoms with Gasteiger partial charge in [-0.3, -0.25) is 9.59 Å². The van der Waals surface area contributed by atoms with Crippen LogP contribution in [0.25, 0.3) is 0 Å². The predicted octanol–water partition coefficient (Wildman–Crippen LogP) is 3.34. The Hall–Kier alpha value is -2.71. The maximum absolute atomic E-state index is 13.1. The molecule has 2 amide bonds. The first-order valence-electron chi connectivity index (χ1n) is 11.7. The average Bonchev–Trinajstić information content (AvgIpc) is 3.47. The number of sulfonamides is 1. The van der Waals surface area contributed by atoms with Crippen molar-refractivity contribution in [1.82, 2.24) is 4.31 Å². The number of hydrogen-bond donors (Lipinski definition) is 1. The summed E-state index contributed by atoms with van der Waals surface area (Å²) in [4.78, 5) is 27.0. The molecule has 0 radical (unpaired) electrons. The predicted molar refractivity (Wildman–Crippen MR) is 127 cm³/mol. The van der Waals surface area contributed by atoms with Crippen molar-refractivity contribution in [3.05, 3.63) is 53.6 Å². The Morgan fingerprint density at radius 1 is 0.909 bits per heavy atom. The van der Waals surface area contributed by atoms with E-state index in [9.17, 15) is 18.0 Å². The van der Waals surface area contributed by atoms with Gasteiger partial charge in [0, 0.05) is 43.3 Å². The Kier molecular flexibility index (Phi) is 5.97. The molecule has 1 N–H and O–H groups in total. The lowest BCUT2D eigenvalue weighted by atomic mass is 9.97. The Balaban J connectivity index is 1.20. The molecule has 5 rings (SSSR count). The smallest absolute Gasteiger partial charge is 0.243 e. The summed E-state index contributed by atoms with van der Waals surface area (Å²) in [7, 11) is -3.55. The summed E-state index contributed by atoms with van der Waals surface area (Å²) >= 11 is 0. The molecular formula is C25H29N3O4S. The highest BCUT2D eigenvalue weighted by molar-refractivity contribution is 7.89. The number of rotatable bonds is 5. The highest BCUT2D eigenvalue weighted by Crippen LogP contribution is 2.29. The van der Waals surface area contributed by atoms with Crippen molar-refractivity contribution in [2.75, 3.05) is 29.9 Å². The molecule has 1 aliphatic carbocycles. The summed E-state index contributed by atoms with van der Waals surface area (Å²) in [5, 5.41) is 2.96. The lowest BCUT2D eigenvalue weighted by Gasteiger charge is -2.30. The number of fused-ring (bicyclic) bond motifs is 1. The van der Waals surface area contributed by atoms with E-state index < -0.39 is 10.0 Å². The summed E-state index contributed by atoms with van der Waals surface area (Å²) in [6, 6.07) is 12.8. The second-order valence-electron chi connectivity index (χ2n) is 9.15. The largest absolute Gasteiger partial charge is 0.326 e. The van der Waals surface area contributed by atoms with E-state index in [1.54, 1.807) is 11.0 Å². The second kappa shape index (κ2) is 8.91. The van der Waals surface area contributed by atoms with Crippen LogP contribution in [0.3, 0.4) is 0 Å². The van der Waals surface area contributed by atoms with E-state index in [-0.39, 0.29) is 17.7 Å². The quantitative estimate of drug-likeness (QED) is 0.731. The molecule has 2 saturated heterocycles. The fourth-order valence-corrected chi connectivity index (χ4v) is 6.65. The highest BCUT2D eigenvalue weighted by atomic mass is 32.2. The lowest BCUT2D eigenvalue weighted by molar-refractivity contribution is -0.121. The van der Waals surface area contributed by atoms with Crippen LogP contribution >= 0.6 is 0 Å². The van der Waals surface area contributed by atoms with Gasteiger partial charge in [0.1, 0.15) is 0 Å². The number of aryl methyl sites for hydroxylation is 2. The zero-order valence-electron chi connectivity index (χ0n) is 18.6. The third kappa shape index (κ3) is 4.42. The van der Waals surface area contributed by atoms with Crippen LogP contribution in [0, 0.1) is 5.92 Å². The summed E-state index contributed by atoms with van der Waals surface area (Å²) < 4.78 is 27.8. The topological polar surface area (TPSA) is 86.8 Å². The molecule has 0 saturated carbocycles. The number of amides is 2. The van der Waals surface area contributed by atoms with Crippen molar-refractivity contribution in [2.45, 2.75) is 49.8 Å². The van der Waals surface area contributed by atoms with Gasteiger partial charge in [0.05, 0.1) is 4.90 Å². The molecule has 8 heteroatoms. The number of anilines is 2. The summed E-state index contributed by atoms with van der Waals surface area (Å²) in [6.07, 6.45) is 5.42. The molecule has 0 atom stereocenters. The van der Waals surface area contributed by atoms with E-state index >= 15 is 0 Å². The molecule has 3 aliphatic rings. The van der Waals surface area contributed by atoms with Crippen LogP contribution in [-0.4, -0.2) is 44.2 Å². The standard InChI is InChI=1S/C25H29N3O4S/c29-24-8-3-13-28(24)22-7-2-6-21(17-22)26-25(30)19-11-14-27(15-12-19)33(31,32)23-10-9-18-4-1-5-20(18)16-23/h2,6-7,9-10,16-17,19H,1,3-5,8,11-15H2,(H,26,30). The number of benzene rings is 2. The van der Waals surface area contributed by atoms with Crippen LogP contribution in [0.2, 0.25) is 0 Å². The van der Waals surface area contributed by atoms with Crippen LogP contribution in [0.5, 0.6) is 0 Å². The van der Waals surface area contributed by atoms with E-state index in [1.807, 2.05) is 36.4 Å². The number of hydrogen-bond acceptors (Lipinski definition) is 4. The third-order valence-electron chi connectivity index (χ3n) is 7.03. The van der Waals surface area contributed by atoms with Crippen molar-refractivity contribution in [3.63, 3.8) is 0 Å². The van der Waals surface area contributed by atoms with E-state index in [1.165, 1.54) is 9.87 Å². The van der Waals surface area contributed by atoms with Gasteiger partial charge in [-0.2, -0.15) is 4.31 Å². The maximum Gasteiger partial charge on any atom is 0.243 e. The molecule has 0 spiro atoms. The first-order valence-corrected chi connectivity index (χ1v) is 13.2. The summed E-state index contributed by atoms with van der Waals surface area (Å²) in [5.41, 5.74) is 3.85. The average molecular weight is 468 g/mol. The molecule has 2 fully saturated rings. The van der Waals surface area contributed by atoms with Gasteiger partial charge in [-0.05, 0) is 80.0 Å². The van der Waals surface area contributed by atoms with E-state index in [0.29, 0.717) is 49.5 Å². The Morgan fingerprint density at radius 3 is 2.45 bits per heavy atom. The minimum atomic E-state index is -3.55. The summed E-state index contributed by atoms with van der Waals surface area (Å²) in [5.74, 6) is -0.238. The lowest BCUT2D eigenvalue weighted by Crippen LogP contribution is -2.41. The van der Waals surface area contributed by atoms with Gasteiger partial charge in [0.25, 0.3) is 0 Å². The minimum Gasteiger partial charge on any atom is -0.326 e. The van der Waals surface area contributed by atoms with Crippen LogP contribution in [-0.2, 0) is 32.5 Å². The molecule has 2 heterocycles. The number of carbonyl (C=O) groups is 2. The van der Waals surface area contributed by atoms with Gasteiger partial charge in [0.2, 0.25) is 21.8 Å². The second-order valence-corrected chi connectivity index (χ2v) is 11.1. The Labute approximate surface area is 194 Å². The van der Waals surface area contributed by atoms with Gasteiger partial charge in [-0.25, -0.2) is 8.42 Å². The number of nitrogens with one attached hydrogen (secondary N) is 1. The first-order chi connectivity index (χ1) is 15.9. The van der Waals surface area contributed by atoms with Gasteiger partial charge in [0.15, 0.2) is 0 Å². The molecule has 2 aromatic rings. The molecule has 0 aromatic heterocycles. The molecule has 2 aliphatic heterocycles. The molecule has 0 bridgehead atoms. The van der Waals surface area contributed by atoms with Gasteiger partial charge in [-0.15, -0.1) is 0 Å². The van der Waals surface area contributed by atoms with Crippen molar-refractivity contribution in [2.24, 2.45) is 5.92 Å². The monoisotopic (exact) mass is 467 g/mol. The number of carbonyl (C=O) groups excluding carboxylic acids is 2. The Bertz CT molecular complexity index is 1190. The van der Waals surface area contributed by atoms with Crippen LogP contribution in [0.4, 0.5) is 11.4 Å². The zero-order valence-corrected chi connectivity index (χ0v) is 19.4. The fraction of sp³-hybridized carbons (Fsp3) is 0.440. The maximum atomic E-state index is 13.1. The van der Waals surface area contributed by atoms with E-state index in [4.69, 9.17) is 0 Å². The zero-order chi connectivity index (χ0) is 23.0. The van der Waals surface area contributed by atoms with Gasteiger partial charge >= 0.3 is 0 Å². The van der Waals surface area contributed by atoms with Gasteiger partial charge < -0.3 is 10.2 Å². The molecule has 33 heavy (non-hydrogen) atoms. The van der Waals surface area contributed by atoms with Crippen LogP contribution < -0.4 is 10.2 Å². The molecule has 174 valence electrons. The van der Waals surface area contributed by atoms with Crippen molar-refractivity contribution in [1.29, 1.82) is 0 Å². The van der Waals surface area contributed by atoms with Crippen molar-refractivity contribution in [3.8, 4) is 0 Å². The minimum absolute atomic E-state index is 0.102. The van der Waals surface area contributed by atoms with Crippen molar-refractivity contribution >= 4 is 33.2 Å². The molecular weight excluding hydrogens is 438 g/mol.